The highest BCUT2D eigenvalue weighted by Gasteiger charge is 2.51. The average molecular weight is 354 g/mol. The van der Waals surface area contributed by atoms with Crippen LogP contribution in [0.15, 0.2) is 18.3 Å². The van der Waals surface area contributed by atoms with Gasteiger partial charge in [-0.1, -0.05) is 6.07 Å². The number of fused-ring (bicyclic) bond motifs is 1. The zero-order valence-electron chi connectivity index (χ0n) is 11.7. The number of halogens is 1. The molecule has 1 atom stereocenters. The topological polar surface area (TPSA) is 106 Å². The first-order valence-electron chi connectivity index (χ1n) is 6.64. The molecule has 1 aliphatic heterocycles. The third-order valence-corrected chi connectivity index (χ3v) is 5.56. The van der Waals surface area contributed by atoms with Gasteiger partial charge in [-0.2, -0.15) is 12.6 Å². The lowest BCUT2D eigenvalue weighted by molar-refractivity contribution is 0.0689. The van der Waals surface area contributed by atoms with Crippen LogP contribution in [0.5, 0.6) is 5.75 Å². The van der Waals surface area contributed by atoms with Gasteiger partial charge in [0.1, 0.15) is 26.8 Å². The number of hydrogen-bond acceptors (Lipinski definition) is 7. The molecule has 3 rings (SSSR count). The van der Waals surface area contributed by atoms with E-state index in [4.69, 9.17) is 15.5 Å². The Labute approximate surface area is 140 Å². The molecule has 6 nitrogen and oxygen atoms in total. The Bertz CT molecular complexity index is 787. The van der Waals surface area contributed by atoms with Crippen molar-refractivity contribution in [2.45, 2.75) is 17.6 Å². The fourth-order valence-corrected chi connectivity index (χ4v) is 3.75. The number of hydrogen-bond donors (Lipinski definition) is 4. The van der Waals surface area contributed by atoms with Crippen LogP contribution in [0.4, 0.5) is 4.39 Å². The zero-order chi connectivity index (χ0) is 16.8. The molecule has 120 valence electrons. The van der Waals surface area contributed by atoms with Gasteiger partial charge >= 0.3 is 13.1 Å². The summed E-state index contributed by atoms with van der Waals surface area (Å²) in [5.74, 6) is -2.56. The Kier molecular flexibility index (Phi) is 4.09. The Balaban J connectivity index is 2.07. The quantitative estimate of drug-likeness (QED) is 0.488. The van der Waals surface area contributed by atoms with E-state index in [1.165, 1.54) is 17.4 Å². The van der Waals surface area contributed by atoms with Crippen LogP contribution in [-0.2, 0) is 17.6 Å². The van der Waals surface area contributed by atoms with Gasteiger partial charge in [-0.25, -0.2) is 14.2 Å². The second-order valence-electron chi connectivity index (χ2n) is 5.12. The number of carboxylic acids is 1. The smallest absolute Gasteiger partial charge is 0.534 e. The summed E-state index contributed by atoms with van der Waals surface area (Å²) in [5.41, 5.74) is 5.40. The van der Waals surface area contributed by atoms with Crippen molar-refractivity contribution in [2.75, 3.05) is 0 Å². The summed E-state index contributed by atoms with van der Waals surface area (Å²) in [6, 6.07) is 2.48. The third-order valence-electron chi connectivity index (χ3n) is 3.63. The van der Waals surface area contributed by atoms with Gasteiger partial charge in [-0.15, -0.1) is 11.3 Å². The molecule has 10 heteroatoms. The Hall–Kier alpha value is -1.62. The lowest BCUT2D eigenvalue weighted by atomic mass is 9.65. The second kappa shape index (κ2) is 5.79. The maximum absolute atomic E-state index is 13.7. The van der Waals surface area contributed by atoms with Crippen LogP contribution in [0.1, 0.15) is 25.8 Å². The fourth-order valence-electron chi connectivity index (χ4n) is 2.44. The summed E-state index contributed by atoms with van der Waals surface area (Å²) in [6.07, 6.45) is 1.73. The molecule has 0 radical (unpaired) electrons. The van der Waals surface area contributed by atoms with E-state index >= 15 is 0 Å². The molecule has 4 N–H and O–H groups in total. The molecule has 1 aromatic heterocycles. The standard InChI is InChI=1S/C13H12BFN2O4S2/c15-8-2-1-6-3-13(22,12-17-5-7(4-16)23-12)14(20)21-10(6)9(8)11(18)19/h1-2,5,20,22H,3-4,16H2,(H,18,19)/t13-/m1/s1. The molecule has 2 aromatic rings. The summed E-state index contributed by atoms with van der Waals surface area (Å²) in [5, 5.41) is 20.0. The molecule has 0 fully saturated rings. The lowest BCUT2D eigenvalue weighted by Gasteiger charge is -2.34. The van der Waals surface area contributed by atoms with Crippen molar-refractivity contribution in [1.82, 2.24) is 4.98 Å². The van der Waals surface area contributed by atoms with E-state index in [1.807, 2.05) is 0 Å². The Morgan fingerprint density at radius 3 is 2.96 bits per heavy atom. The van der Waals surface area contributed by atoms with E-state index in [1.54, 1.807) is 6.20 Å². The molecule has 0 saturated carbocycles. The summed E-state index contributed by atoms with van der Waals surface area (Å²) in [7, 11) is -1.48. The molecule has 1 aliphatic rings. The number of aromatic nitrogens is 1. The SMILES string of the molecule is NCc1cnc([C@]2(S)Cc3ccc(F)c(C(=O)O)c3OB2O)s1. The van der Waals surface area contributed by atoms with Crippen molar-refractivity contribution in [3.8, 4) is 5.75 Å². The van der Waals surface area contributed by atoms with Crippen molar-refractivity contribution in [1.29, 1.82) is 0 Å². The van der Waals surface area contributed by atoms with Crippen LogP contribution in [0.2, 0.25) is 0 Å². The second-order valence-corrected chi connectivity index (χ2v) is 7.04. The van der Waals surface area contributed by atoms with Crippen LogP contribution in [-0.4, -0.2) is 28.2 Å². The van der Waals surface area contributed by atoms with E-state index in [2.05, 4.69) is 17.6 Å². The van der Waals surface area contributed by atoms with Crippen LogP contribution in [0, 0.1) is 5.82 Å². The van der Waals surface area contributed by atoms with Gasteiger partial charge in [0.05, 0.1) is 0 Å². The van der Waals surface area contributed by atoms with Crippen LogP contribution < -0.4 is 10.4 Å². The highest BCUT2D eigenvalue weighted by Crippen LogP contribution is 2.44. The summed E-state index contributed by atoms with van der Waals surface area (Å²) >= 11 is 5.80. The maximum atomic E-state index is 13.7. The number of rotatable bonds is 3. The van der Waals surface area contributed by atoms with Gasteiger partial charge in [0, 0.05) is 17.6 Å². The van der Waals surface area contributed by atoms with Gasteiger partial charge in [-0.05, 0) is 18.1 Å². The third kappa shape index (κ3) is 2.61. The number of nitrogens with zero attached hydrogens (tertiary/aromatic N) is 1. The molecular formula is C13H12BFN2O4S2. The minimum Gasteiger partial charge on any atom is -0.534 e. The fraction of sp³-hybridized carbons (Fsp3) is 0.231. The van der Waals surface area contributed by atoms with Gasteiger partial charge in [-0.3, -0.25) is 0 Å². The molecular weight excluding hydrogens is 342 g/mol. The molecule has 0 amide bonds. The predicted octanol–water partition coefficient (Wildman–Crippen LogP) is 1.22. The molecule has 0 saturated heterocycles. The summed E-state index contributed by atoms with van der Waals surface area (Å²) < 4.78 is 17.9. The van der Waals surface area contributed by atoms with Crippen LogP contribution in [0.25, 0.3) is 0 Å². The average Bonchev–Trinajstić information content (AvgIpc) is 2.98. The Morgan fingerprint density at radius 2 is 2.35 bits per heavy atom. The van der Waals surface area contributed by atoms with E-state index in [-0.39, 0.29) is 12.2 Å². The molecule has 0 spiro atoms. The van der Waals surface area contributed by atoms with Crippen molar-refractivity contribution in [3.63, 3.8) is 0 Å². The van der Waals surface area contributed by atoms with Crippen molar-refractivity contribution >= 4 is 37.1 Å². The van der Waals surface area contributed by atoms with Crippen molar-refractivity contribution in [3.05, 3.63) is 45.2 Å². The van der Waals surface area contributed by atoms with Crippen LogP contribution >= 0.6 is 24.0 Å². The van der Waals surface area contributed by atoms with E-state index in [9.17, 15) is 14.2 Å². The predicted molar refractivity (Wildman–Crippen MR) is 86.3 cm³/mol. The summed E-state index contributed by atoms with van der Waals surface area (Å²) in [4.78, 5) is 16.3. The number of aromatic carboxylic acids is 1. The normalized spacial score (nSPS) is 20.1. The van der Waals surface area contributed by atoms with Crippen LogP contribution in [0.3, 0.4) is 0 Å². The first-order chi connectivity index (χ1) is 10.9. The molecule has 23 heavy (non-hydrogen) atoms. The van der Waals surface area contributed by atoms with Gasteiger partial charge in [0.15, 0.2) is 0 Å². The van der Waals surface area contributed by atoms with Gasteiger partial charge in [0.2, 0.25) is 0 Å². The molecule has 0 bridgehead atoms. The zero-order valence-corrected chi connectivity index (χ0v) is 13.4. The minimum atomic E-state index is -1.48. The molecule has 0 aliphatic carbocycles. The van der Waals surface area contributed by atoms with Crippen molar-refractivity contribution < 1.29 is 24.0 Å². The highest BCUT2D eigenvalue weighted by molar-refractivity contribution is 7.83. The Morgan fingerprint density at radius 1 is 1.61 bits per heavy atom. The first-order valence-corrected chi connectivity index (χ1v) is 7.90. The number of thiol groups is 1. The number of benzene rings is 1. The molecule has 2 heterocycles. The van der Waals surface area contributed by atoms with E-state index in [0.717, 1.165) is 10.9 Å². The minimum absolute atomic E-state index is 0.144. The highest BCUT2D eigenvalue weighted by atomic mass is 32.1. The maximum Gasteiger partial charge on any atom is 0.547 e. The number of nitrogens with two attached hydrogens (primary N) is 1. The largest absolute Gasteiger partial charge is 0.547 e. The number of carboxylic acid groups (broad SMARTS) is 1. The summed E-state index contributed by atoms with van der Waals surface area (Å²) in [6.45, 7) is 0.309. The number of carbonyl (C=O) groups is 1. The van der Waals surface area contributed by atoms with Gasteiger partial charge in [0.25, 0.3) is 0 Å². The molecule has 1 aromatic carbocycles. The first kappa shape index (κ1) is 16.3. The lowest BCUT2D eigenvalue weighted by Crippen LogP contribution is -2.48. The van der Waals surface area contributed by atoms with E-state index in [0.29, 0.717) is 17.1 Å². The number of thiazole rings is 1. The van der Waals surface area contributed by atoms with Crippen molar-refractivity contribution in [2.24, 2.45) is 5.73 Å². The van der Waals surface area contributed by atoms with Gasteiger partial charge < -0.3 is 20.5 Å². The van der Waals surface area contributed by atoms with E-state index < -0.39 is 29.1 Å². The monoisotopic (exact) mass is 354 g/mol. The molecule has 0 unspecified atom stereocenters.